The van der Waals surface area contributed by atoms with Crippen LogP contribution in [0.1, 0.15) is 29.3 Å². The lowest BCUT2D eigenvalue weighted by molar-refractivity contribution is -0.116. The molecule has 0 spiro atoms. The quantitative estimate of drug-likeness (QED) is 0.328. The number of phenolic OH excluding ortho intramolecular Hbond substituents is 1. The summed E-state index contributed by atoms with van der Waals surface area (Å²) in [5, 5.41) is 18.2. The summed E-state index contributed by atoms with van der Waals surface area (Å²) in [7, 11) is 1.36. The number of rotatable bonds is 9. The zero-order valence-corrected chi connectivity index (χ0v) is 19.5. The predicted molar refractivity (Wildman–Crippen MR) is 133 cm³/mol. The van der Waals surface area contributed by atoms with Gasteiger partial charge in [0.15, 0.2) is 11.5 Å². The van der Waals surface area contributed by atoms with Crippen molar-refractivity contribution in [3.05, 3.63) is 77.9 Å². The summed E-state index contributed by atoms with van der Waals surface area (Å²) in [6.07, 6.45) is 0.565. The molecule has 0 aliphatic carbocycles. The molecule has 0 unspecified atom stereocenters. The largest absolute Gasteiger partial charge is 0.504 e. The van der Waals surface area contributed by atoms with E-state index in [9.17, 15) is 19.5 Å². The van der Waals surface area contributed by atoms with E-state index >= 15 is 0 Å². The van der Waals surface area contributed by atoms with E-state index in [1.807, 2.05) is 30.3 Å². The first-order valence-corrected chi connectivity index (χ1v) is 11.0. The minimum Gasteiger partial charge on any atom is -0.504 e. The number of ether oxygens (including phenoxy) is 2. The first-order chi connectivity index (χ1) is 16.9. The number of anilines is 3. The minimum atomic E-state index is -0.638. The molecule has 3 aromatic rings. The molecular formula is C26H27N3O6. The Bertz CT molecular complexity index is 1180. The summed E-state index contributed by atoms with van der Waals surface area (Å²) in [6, 6.07) is 18.4. The summed E-state index contributed by atoms with van der Waals surface area (Å²) in [6.45, 7) is 1.83. The lowest BCUT2D eigenvalue weighted by atomic mass is 10.1. The van der Waals surface area contributed by atoms with Crippen molar-refractivity contribution < 1.29 is 29.0 Å². The van der Waals surface area contributed by atoms with Gasteiger partial charge in [0.2, 0.25) is 5.91 Å². The number of benzene rings is 3. The molecule has 0 saturated carbocycles. The molecule has 9 heteroatoms. The Kier molecular flexibility index (Phi) is 8.66. The van der Waals surface area contributed by atoms with Crippen molar-refractivity contribution in [2.45, 2.75) is 19.8 Å². The Morgan fingerprint density at radius 1 is 0.886 bits per heavy atom. The Hall–Kier alpha value is -4.53. The van der Waals surface area contributed by atoms with Gasteiger partial charge in [0, 0.05) is 29.9 Å². The number of urea groups is 1. The van der Waals surface area contributed by atoms with Crippen molar-refractivity contribution in [2.75, 3.05) is 29.7 Å². The minimum absolute atomic E-state index is 0.0825. The molecule has 9 nitrogen and oxygen atoms in total. The maximum absolute atomic E-state index is 12.5. The van der Waals surface area contributed by atoms with Crippen LogP contribution >= 0.6 is 0 Å². The maximum atomic E-state index is 12.5. The number of phenols is 1. The Morgan fingerprint density at radius 2 is 1.54 bits per heavy atom. The van der Waals surface area contributed by atoms with Crippen LogP contribution in [-0.2, 0) is 16.0 Å². The van der Waals surface area contributed by atoms with E-state index in [0.29, 0.717) is 17.8 Å². The fraction of sp³-hybridized carbons (Fsp3) is 0.192. The third kappa shape index (κ3) is 7.23. The van der Waals surface area contributed by atoms with Crippen LogP contribution in [0.4, 0.5) is 21.9 Å². The molecule has 3 amide bonds. The van der Waals surface area contributed by atoms with E-state index in [4.69, 9.17) is 9.47 Å². The fourth-order valence-corrected chi connectivity index (χ4v) is 3.25. The van der Waals surface area contributed by atoms with Crippen LogP contribution in [0.3, 0.4) is 0 Å². The molecule has 0 heterocycles. The van der Waals surface area contributed by atoms with E-state index in [-0.39, 0.29) is 47.7 Å². The van der Waals surface area contributed by atoms with Crippen LogP contribution in [-0.4, -0.2) is 36.7 Å². The average molecular weight is 478 g/mol. The first kappa shape index (κ1) is 25.1. The Morgan fingerprint density at radius 3 is 2.17 bits per heavy atom. The molecule has 0 aromatic heterocycles. The number of carbonyl (C=O) groups is 3. The third-order valence-electron chi connectivity index (χ3n) is 4.97. The highest BCUT2D eigenvalue weighted by atomic mass is 16.5. The molecule has 3 aromatic carbocycles. The highest BCUT2D eigenvalue weighted by Crippen LogP contribution is 2.33. The first-order valence-electron chi connectivity index (χ1n) is 11.0. The van der Waals surface area contributed by atoms with Crippen LogP contribution in [0.15, 0.2) is 66.7 Å². The van der Waals surface area contributed by atoms with Crippen LogP contribution in [0.25, 0.3) is 0 Å². The molecule has 0 radical (unpaired) electrons. The molecular weight excluding hydrogens is 450 g/mol. The molecule has 35 heavy (non-hydrogen) atoms. The topological polar surface area (TPSA) is 126 Å². The van der Waals surface area contributed by atoms with Crippen LogP contribution in [0.5, 0.6) is 11.5 Å². The van der Waals surface area contributed by atoms with E-state index in [1.165, 1.54) is 19.2 Å². The van der Waals surface area contributed by atoms with Gasteiger partial charge in [0.1, 0.15) is 0 Å². The molecule has 4 N–H and O–H groups in total. The van der Waals surface area contributed by atoms with Crippen molar-refractivity contribution in [1.29, 1.82) is 0 Å². The molecule has 0 bridgehead atoms. The van der Waals surface area contributed by atoms with Gasteiger partial charge in [0.05, 0.1) is 25.0 Å². The van der Waals surface area contributed by atoms with Gasteiger partial charge in [-0.15, -0.1) is 0 Å². The highest BCUT2D eigenvalue weighted by molar-refractivity contribution is 6.02. The number of amides is 3. The molecule has 182 valence electrons. The van der Waals surface area contributed by atoms with Gasteiger partial charge in [-0.2, -0.15) is 0 Å². The zero-order valence-electron chi connectivity index (χ0n) is 19.5. The summed E-state index contributed by atoms with van der Waals surface area (Å²) in [5.74, 6) is -1.10. The SMILES string of the molecule is CCOC(=O)c1cc(OC)c(O)cc1NC(=O)CCc1ccc(NC(=O)Nc2ccccc2)cc1. The van der Waals surface area contributed by atoms with Gasteiger partial charge in [-0.05, 0) is 43.2 Å². The maximum Gasteiger partial charge on any atom is 0.340 e. The smallest absolute Gasteiger partial charge is 0.340 e. The molecule has 0 fully saturated rings. The number of methoxy groups -OCH3 is 1. The summed E-state index contributed by atoms with van der Waals surface area (Å²) in [4.78, 5) is 36.9. The average Bonchev–Trinajstić information content (AvgIpc) is 2.84. The molecule has 3 rings (SSSR count). The van der Waals surface area contributed by atoms with Crippen molar-refractivity contribution in [2.24, 2.45) is 0 Å². The molecule has 0 saturated heterocycles. The number of hydrogen-bond donors (Lipinski definition) is 4. The Balaban J connectivity index is 1.56. The van der Waals surface area contributed by atoms with Gasteiger partial charge in [-0.1, -0.05) is 30.3 Å². The standard InChI is InChI=1S/C26H27N3O6/c1-3-35-25(32)20-15-23(34-2)22(30)16-21(20)29-24(31)14-11-17-9-12-19(13-10-17)28-26(33)27-18-7-5-4-6-8-18/h4-10,12-13,15-16,30H,3,11,14H2,1-2H3,(H,29,31)(H2,27,28,33). The van der Waals surface area contributed by atoms with Gasteiger partial charge < -0.3 is 30.5 Å². The number of hydrogen-bond acceptors (Lipinski definition) is 6. The second kappa shape index (κ2) is 12.1. The number of esters is 1. The summed E-state index contributed by atoms with van der Waals surface area (Å²) >= 11 is 0. The van der Waals surface area contributed by atoms with Crippen LogP contribution in [0.2, 0.25) is 0 Å². The number of aryl methyl sites for hydroxylation is 1. The lowest BCUT2D eigenvalue weighted by Gasteiger charge is -2.13. The van der Waals surface area contributed by atoms with Gasteiger partial charge in [-0.3, -0.25) is 4.79 Å². The molecule has 0 atom stereocenters. The highest BCUT2D eigenvalue weighted by Gasteiger charge is 2.19. The number of carbonyl (C=O) groups excluding carboxylic acids is 3. The normalized spacial score (nSPS) is 10.2. The van der Waals surface area contributed by atoms with E-state index in [2.05, 4.69) is 16.0 Å². The number of aromatic hydroxyl groups is 1. The van der Waals surface area contributed by atoms with Gasteiger partial charge >= 0.3 is 12.0 Å². The second-order valence-electron chi connectivity index (χ2n) is 7.48. The number of para-hydroxylation sites is 1. The predicted octanol–water partition coefficient (Wildman–Crippen LogP) is 4.79. The zero-order chi connectivity index (χ0) is 25.2. The lowest BCUT2D eigenvalue weighted by Crippen LogP contribution is -2.19. The summed E-state index contributed by atoms with van der Waals surface area (Å²) in [5.41, 5.74) is 2.40. The fourth-order valence-electron chi connectivity index (χ4n) is 3.25. The van der Waals surface area contributed by atoms with E-state index < -0.39 is 5.97 Å². The van der Waals surface area contributed by atoms with Gasteiger partial charge in [-0.25, -0.2) is 9.59 Å². The van der Waals surface area contributed by atoms with E-state index in [0.717, 1.165) is 5.56 Å². The number of nitrogens with one attached hydrogen (secondary N) is 3. The van der Waals surface area contributed by atoms with Crippen molar-refractivity contribution in [3.8, 4) is 11.5 Å². The molecule has 0 aliphatic rings. The van der Waals surface area contributed by atoms with Crippen molar-refractivity contribution >= 4 is 35.0 Å². The Labute approximate surface area is 203 Å². The van der Waals surface area contributed by atoms with Crippen LogP contribution < -0.4 is 20.7 Å². The third-order valence-corrected chi connectivity index (χ3v) is 4.97. The van der Waals surface area contributed by atoms with Crippen LogP contribution in [0, 0.1) is 0 Å². The van der Waals surface area contributed by atoms with Crippen molar-refractivity contribution in [3.63, 3.8) is 0 Å². The molecule has 0 aliphatic heterocycles. The van der Waals surface area contributed by atoms with E-state index in [1.54, 1.807) is 31.2 Å². The summed E-state index contributed by atoms with van der Waals surface area (Å²) < 4.78 is 10.1. The second-order valence-corrected chi connectivity index (χ2v) is 7.48. The van der Waals surface area contributed by atoms with Gasteiger partial charge in [0.25, 0.3) is 0 Å². The van der Waals surface area contributed by atoms with Crippen molar-refractivity contribution in [1.82, 2.24) is 0 Å². The monoisotopic (exact) mass is 477 g/mol.